The van der Waals surface area contributed by atoms with Crippen LogP contribution in [0, 0.1) is 0 Å². The Bertz CT molecular complexity index is 1890. The van der Waals surface area contributed by atoms with Crippen LogP contribution in [-0.2, 0) is 114 Å². The highest BCUT2D eigenvalue weighted by molar-refractivity contribution is 5.86. The molecule has 0 aromatic heterocycles. The molecule has 0 spiro atoms. The Morgan fingerprint density at radius 2 is 0.528 bits per heavy atom. The van der Waals surface area contributed by atoms with Crippen LogP contribution in [0.25, 0.3) is 0 Å². The molecular formula is C102H244O25. The molecule has 0 radical (unpaired) electrons. The van der Waals surface area contributed by atoms with Crippen molar-refractivity contribution in [1.29, 1.82) is 0 Å². The van der Waals surface area contributed by atoms with E-state index < -0.39 is 0 Å². The largest absolute Gasteiger partial charge is 0.491 e. The van der Waals surface area contributed by atoms with Gasteiger partial charge < -0.3 is 109 Å². The summed E-state index contributed by atoms with van der Waals surface area (Å²) in [6, 6.07) is 9.79. The van der Waals surface area contributed by atoms with Crippen molar-refractivity contribution < 1.29 is 119 Å². The predicted molar refractivity (Wildman–Crippen MR) is 561 cm³/mol. The van der Waals surface area contributed by atoms with Gasteiger partial charge in [-0.25, -0.2) is 4.79 Å². The van der Waals surface area contributed by atoms with Crippen molar-refractivity contribution in [3.8, 4) is 5.75 Å². The summed E-state index contributed by atoms with van der Waals surface area (Å²) in [5.74, 6) is 0.503. The van der Waals surface area contributed by atoms with E-state index in [0.29, 0.717) is 171 Å². The van der Waals surface area contributed by atoms with Crippen molar-refractivity contribution in [2.24, 2.45) is 0 Å². The molecule has 0 fully saturated rings. The fourth-order valence-electron chi connectivity index (χ4n) is 9.49. The van der Waals surface area contributed by atoms with Crippen LogP contribution in [0.2, 0.25) is 0 Å². The molecule has 0 saturated heterocycles. The van der Waals surface area contributed by atoms with Gasteiger partial charge in [-0.05, 0) is 159 Å². The lowest BCUT2D eigenvalue weighted by atomic mass is 10.0. The van der Waals surface area contributed by atoms with Gasteiger partial charge in [-0.2, -0.15) is 0 Å². The third kappa shape index (κ3) is 146. The maximum absolute atomic E-state index is 11.2. The van der Waals surface area contributed by atoms with Crippen LogP contribution in [0.1, 0.15) is 345 Å². The van der Waals surface area contributed by atoms with Gasteiger partial charge in [0.25, 0.3) is 6.47 Å². The number of esters is 1. The highest BCUT2D eigenvalue weighted by Crippen LogP contribution is 2.18. The van der Waals surface area contributed by atoms with E-state index in [1.54, 1.807) is 35.4 Å². The third-order valence-electron chi connectivity index (χ3n) is 15.3. The Labute approximate surface area is 800 Å². The molecule has 1 aromatic rings. The minimum absolute atomic E-state index is 0. The van der Waals surface area contributed by atoms with Gasteiger partial charge in [-0.3, -0.25) is 4.79 Å². The van der Waals surface area contributed by atoms with Crippen molar-refractivity contribution in [3.63, 3.8) is 0 Å². The predicted octanol–water partition coefficient (Wildman–Crippen LogP) is 27.2. The lowest BCUT2D eigenvalue weighted by Gasteiger charge is -2.26. The highest BCUT2D eigenvalue weighted by atomic mass is 16.6. The topological polar surface area (TPSA) is 246 Å². The fourth-order valence-corrected chi connectivity index (χ4v) is 9.49. The van der Waals surface area contributed by atoms with Gasteiger partial charge in [-0.15, -0.1) is 0 Å². The normalized spacial score (nSPS) is 11.9. The van der Waals surface area contributed by atoms with Gasteiger partial charge in [0.2, 0.25) is 0 Å². The average molecular weight is 1870 g/mol. The standard InChI is InChI=1S/C23H48O7.C17H28O4.C15H28O5.C13H28O4.C12H24O5.22CH4/c1-7-22(29-15-13-26-11-10-24-8-2)19-23(30-14-12-25-9-3)18-21(6)28-17-16-27-20(4)5;1-4-16(14-15(2)19-11-10-18-3)20-12-13-21-17-8-6-5-7-9-17;1-6-14(11-13(4)18-8-7-17-5)19-9-10-20-15(16)12(2)3;1-5-13(17-10-8-15-6-2)11-12(3)16-9-7-14-4;1-4-12(17-8-6-15-10-13)9-11(2)16-7-5-14-3;;;;;;;;;;;;;;;;;;;;;;/h20-23H,7-19H2,1-6H3;5-9,15-16H,4,10-14H2,1-3H3;13-14H,2,6-11H2,1,3-5H3;12-13H,5-11H2,1-4H3;10-12H,4-9H2,1-3H3;22*1H4. The first-order valence-electron chi connectivity index (χ1n) is 39.0. The first-order valence-corrected chi connectivity index (χ1v) is 39.0. The second-order valence-electron chi connectivity index (χ2n) is 25.0. The Kier molecular flexibility index (Phi) is 237. The van der Waals surface area contributed by atoms with E-state index in [4.69, 9.17) is 104 Å². The number of hydrogen-bond donors (Lipinski definition) is 0. The van der Waals surface area contributed by atoms with Gasteiger partial charge in [-0.1, -0.05) is 223 Å². The molecule has 0 amide bonds. The smallest absolute Gasteiger partial charge is 0.333 e. The number of carbonyl (C=O) groups is 2. The molecule has 25 heteroatoms. The fraction of sp³-hybridized carbons (Fsp3) is 0.902. The first-order chi connectivity index (χ1) is 50.8. The first kappa shape index (κ1) is 195. The maximum atomic E-state index is 11.2. The van der Waals surface area contributed by atoms with Crippen LogP contribution in [0.3, 0.4) is 0 Å². The number of ether oxygens (including phenoxy) is 23. The maximum Gasteiger partial charge on any atom is 0.333 e. The summed E-state index contributed by atoms with van der Waals surface area (Å²) in [5.41, 5.74) is 0.400. The van der Waals surface area contributed by atoms with E-state index in [9.17, 15) is 9.59 Å². The van der Waals surface area contributed by atoms with Gasteiger partial charge >= 0.3 is 5.97 Å². The Hall–Kier alpha value is -3.10. The molecule has 0 N–H and O–H groups in total. The second-order valence-corrected chi connectivity index (χ2v) is 25.0. The van der Waals surface area contributed by atoms with Crippen molar-refractivity contribution in [3.05, 3.63) is 42.5 Å². The summed E-state index contributed by atoms with van der Waals surface area (Å²) in [5, 5.41) is 0. The van der Waals surface area contributed by atoms with E-state index in [2.05, 4.69) is 66.7 Å². The van der Waals surface area contributed by atoms with Gasteiger partial charge in [0.1, 0.15) is 25.6 Å². The SMILES string of the molecule is C.C.C.C.C.C.C.C.C.C.C.C.C.C.C.C.C.C.C.C.C.C.C=C(C)C(=O)OCCOC(CC)CC(C)OCCOC.CCC(CC(C)OCCOC)OCCOC=O.CCC(CC(C)OCCOC)OCCOc1ccccc1.CCOCCOC(CC)CC(C)OCCOC.CCOCCOCCOC(CC)CC(CC(C)OCCOC(C)C)OCCOCC. The minimum Gasteiger partial charge on any atom is -0.491 e. The van der Waals surface area contributed by atoms with Crippen LogP contribution < -0.4 is 4.74 Å². The molecular weight excluding hydrogens is 1630 g/mol. The summed E-state index contributed by atoms with van der Waals surface area (Å²) in [7, 11) is 6.66. The molecule has 0 aliphatic rings. The molecule has 11 unspecified atom stereocenters. The highest BCUT2D eigenvalue weighted by Gasteiger charge is 2.21. The van der Waals surface area contributed by atoms with Crippen molar-refractivity contribution in [2.45, 2.75) is 418 Å². The number of carbonyl (C=O) groups excluding carboxylic acids is 2. The minimum atomic E-state index is -0.377. The number of hydrogen-bond acceptors (Lipinski definition) is 25. The lowest BCUT2D eigenvalue weighted by molar-refractivity contribution is -0.141. The summed E-state index contributed by atoms with van der Waals surface area (Å²) < 4.78 is 125. The Morgan fingerprint density at radius 1 is 0.291 bits per heavy atom. The number of para-hydroxylation sites is 1. The van der Waals surface area contributed by atoms with Crippen LogP contribution in [-0.4, -0.2) is 293 Å². The van der Waals surface area contributed by atoms with Crippen molar-refractivity contribution in [2.75, 3.05) is 207 Å². The van der Waals surface area contributed by atoms with E-state index in [1.165, 1.54) is 0 Å². The third-order valence-corrected chi connectivity index (χ3v) is 15.3. The summed E-state index contributed by atoms with van der Waals surface area (Å²) in [6.45, 7) is 52.2. The van der Waals surface area contributed by atoms with Crippen LogP contribution >= 0.6 is 0 Å². The Morgan fingerprint density at radius 3 is 0.811 bits per heavy atom. The van der Waals surface area contributed by atoms with Gasteiger partial charge in [0, 0.05) is 53.8 Å². The van der Waals surface area contributed by atoms with E-state index in [-0.39, 0.29) is 249 Å². The molecule has 0 aliphatic carbocycles. The van der Waals surface area contributed by atoms with Crippen LogP contribution in [0.5, 0.6) is 5.75 Å². The number of rotatable bonds is 71. The van der Waals surface area contributed by atoms with Gasteiger partial charge in [0.05, 0.1) is 212 Å². The molecule has 0 bridgehead atoms. The molecule has 127 heavy (non-hydrogen) atoms. The quantitative estimate of drug-likeness (QED) is 0.0254. The van der Waals surface area contributed by atoms with E-state index in [1.807, 2.05) is 78.8 Å². The van der Waals surface area contributed by atoms with Crippen molar-refractivity contribution in [1.82, 2.24) is 0 Å². The summed E-state index contributed by atoms with van der Waals surface area (Å²) >= 11 is 0. The van der Waals surface area contributed by atoms with Crippen molar-refractivity contribution >= 4 is 12.4 Å². The monoisotopic (exact) mass is 1870 g/mol. The zero-order valence-electron chi connectivity index (χ0n) is 69.7. The molecule has 11 atom stereocenters. The summed E-state index contributed by atoms with van der Waals surface area (Å²) in [4.78, 5) is 21.1. The van der Waals surface area contributed by atoms with Crippen LogP contribution in [0.15, 0.2) is 42.5 Å². The molecule has 0 heterocycles. The summed E-state index contributed by atoms with van der Waals surface area (Å²) in [6.07, 6.45) is 11.7. The second kappa shape index (κ2) is 154. The average Bonchev–Trinajstić information content (AvgIpc) is 0.927. The molecule has 0 saturated carbocycles. The zero-order valence-corrected chi connectivity index (χ0v) is 69.7. The van der Waals surface area contributed by atoms with E-state index >= 15 is 0 Å². The number of methoxy groups -OCH3 is 4. The molecule has 1 rings (SSSR count). The van der Waals surface area contributed by atoms with Crippen LogP contribution in [0.4, 0.5) is 0 Å². The van der Waals surface area contributed by atoms with Gasteiger partial charge in [0.15, 0.2) is 0 Å². The molecule has 802 valence electrons. The molecule has 25 nitrogen and oxygen atoms in total. The number of benzene rings is 1. The molecule has 0 aliphatic heterocycles. The lowest BCUT2D eigenvalue weighted by Crippen LogP contribution is -2.29. The molecule has 1 aromatic carbocycles. The zero-order chi connectivity index (χ0) is 79.0. The Balaban J connectivity index is -0.0000000406. The van der Waals surface area contributed by atoms with E-state index in [0.717, 1.165) is 89.6 Å².